The van der Waals surface area contributed by atoms with Crippen molar-refractivity contribution >= 4 is 33.9 Å². The molecule has 0 unspecified atom stereocenters. The largest absolute Gasteiger partial charge is 0.366 e. The zero-order chi connectivity index (χ0) is 16.7. The fourth-order valence-electron chi connectivity index (χ4n) is 2.97. The second-order valence-electron chi connectivity index (χ2n) is 6.26. The highest BCUT2D eigenvalue weighted by Gasteiger charge is 2.24. The number of amides is 1. The van der Waals surface area contributed by atoms with Gasteiger partial charge in [-0.2, -0.15) is 0 Å². The normalized spacial score (nSPS) is 14.2. The number of Topliss-reactive ketones (excluding diaryl/α,β-unsaturated/α-hetero) is 1. The summed E-state index contributed by atoms with van der Waals surface area (Å²) in [5, 5.41) is 3.57. The molecule has 1 aliphatic carbocycles. The van der Waals surface area contributed by atoms with Gasteiger partial charge in [-0.1, -0.05) is 6.07 Å². The van der Waals surface area contributed by atoms with Gasteiger partial charge in [-0.25, -0.2) is 4.98 Å². The van der Waals surface area contributed by atoms with E-state index in [9.17, 15) is 9.59 Å². The van der Waals surface area contributed by atoms with Crippen molar-refractivity contribution in [3.05, 3.63) is 52.1 Å². The Morgan fingerprint density at radius 3 is 2.83 bits per heavy atom. The van der Waals surface area contributed by atoms with Gasteiger partial charge in [0.05, 0.1) is 6.42 Å². The molecule has 2 N–H and O–H groups in total. The summed E-state index contributed by atoms with van der Waals surface area (Å²) in [6, 6.07) is 5.31. The molecule has 5 nitrogen and oxygen atoms in total. The molecule has 1 fully saturated rings. The first-order valence-electron chi connectivity index (χ1n) is 7.96. The van der Waals surface area contributed by atoms with Crippen molar-refractivity contribution in [2.75, 3.05) is 0 Å². The molecule has 1 saturated carbocycles. The zero-order valence-corrected chi connectivity index (χ0v) is 13.9. The third-order valence-corrected chi connectivity index (χ3v) is 5.19. The van der Waals surface area contributed by atoms with Crippen LogP contribution in [-0.2, 0) is 13.0 Å². The van der Waals surface area contributed by atoms with Crippen molar-refractivity contribution in [3.8, 4) is 0 Å². The summed E-state index contributed by atoms with van der Waals surface area (Å²) >= 11 is 1.49. The van der Waals surface area contributed by atoms with Crippen LogP contribution in [0.1, 0.15) is 38.6 Å². The lowest BCUT2D eigenvalue weighted by Gasteiger charge is -2.04. The molecular weight excluding hydrogens is 322 g/mol. The van der Waals surface area contributed by atoms with Crippen LogP contribution < -0.4 is 5.73 Å². The number of ketones is 1. The molecule has 0 aliphatic heterocycles. The molecule has 0 spiro atoms. The lowest BCUT2D eigenvalue weighted by molar-refractivity contribution is 0.0989. The highest BCUT2D eigenvalue weighted by molar-refractivity contribution is 7.09. The SMILES string of the molecule is NC(=O)c1ccc2c(C(=O)Cc3nccs3)cn(CC3CC3)c2c1. The maximum Gasteiger partial charge on any atom is 0.248 e. The first-order valence-corrected chi connectivity index (χ1v) is 8.84. The number of carbonyl (C=O) groups excluding carboxylic acids is 2. The van der Waals surface area contributed by atoms with Crippen LogP contribution in [0.25, 0.3) is 10.9 Å². The Labute approximate surface area is 143 Å². The van der Waals surface area contributed by atoms with Crippen molar-refractivity contribution in [1.29, 1.82) is 0 Å². The summed E-state index contributed by atoms with van der Waals surface area (Å²) in [5.41, 5.74) is 7.47. The van der Waals surface area contributed by atoms with Crippen molar-refractivity contribution in [3.63, 3.8) is 0 Å². The molecule has 0 radical (unpaired) electrons. The number of primary amides is 1. The smallest absolute Gasteiger partial charge is 0.248 e. The topological polar surface area (TPSA) is 78.0 Å². The summed E-state index contributed by atoms with van der Waals surface area (Å²) in [5.74, 6) is 0.266. The highest BCUT2D eigenvalue weighted by Crippen LogP contribution is 2.33. The van der Waals surface area contributed by atoms with Crippen molar-refractivity contribution in [2.24, 2.45) is 11.7 Å². The minimum absolute atomic E-state index is 0.0521. The van der Waals surface area contributed by atoms with Crippen LogP contribution in [0.15, 0.2) is 36.0 Å². The van der Waals surface area contributed by atoms with Crippen molar-refractivity contribution < 1.29 is 9.59 Å². The molecule has 6 heteroatoms. The molecule has 3 aromatic rings. The van der Waals surface area contributed by atoms with E-state index in [1.165, 1.54) is 24.2 Å². The number of fused-ring (bicyclic) bond motifs is 1. The van der Waals surface area contributed by atoms with E-state index in [2.05, 4.69) is 9.55 Å². The third-order valence-electron chi connectivity index (χ3n) is 4.41. The monoisotopic (exact) mass is 339 g/mol. The first kappa shape index (κ1) is 15.1. The van der Waals surface area contributed by atoms with Gasteiger partial charge in [0.1, 0.15) is 5.01 Å². The minimum Gasteiger partial charge on any atom is -0.366 e. The van der Waals surface area contributed by atoms with E-state index in [-0.39, 0.29) is 5.78 Å². The lowest BCUT2D eigenvalue weighted by Crippen LogP contribution is -2.10. The minimum atomic E-state index is -0.452. The Hall–Kier alpha value is -2.47. The second-order valence-corrected chi connectivity index (χ2v) is 7.24. The van der Waals surface area contributed by atoms with E-state index < -0.39 is 5.91 Å². The number of hydrogen-bond acceptors (Lipinski definition) is 4. The van der Waals surface area contributed by atoms with E-state index in [1.54, 1.807) is 18.3 Å². The fraction of sp³-hybridized carbons (Fsp3) is 0.278. The Bertz CT molecular complexity index is 923. The molecular formula is C18H17N3O2S. The van der Waals surface area contributed by atoms with Crippen LogP contribution in [0, 0.1) is 5.92 Å². The average molecular weight is 339 g/mol. The van der Waals surface area contributed by atoms with Gasteiger partial charge in [0.25, 0.3) is 0 Å². The number of carbonyl (C=O) groups is 2. The molecule has 4 rings (SSSR count). The maximum atomic E-state index is 12.7. The van der Waals surface area contributed by atoms with Crippen molar-refractivity contribution in [1.82, 2.24) is 9.55 Å². The Morgan fingerprint density at radius 2 is 2.17 bits per heavy atom. The number of rotatable bonds is 6. The van der Waals surface area contributed by atoms with Gasteiger partial charge in [-0.05, 0) is 30.9 Å². The maximum absolute atomic E-state index is 12.7. The predicted octanol–water partition coefficient (Wildman–Crippen LogP) is 3.03. The van der Waals surface area contributed by atoms with Crippen LogP contribution in [-0.4, -0.2) is 21.2 Å². The van der Waals surface area contributed by atoms with E-state index in [4.69, 9.17) is 5.73 Å². The molecule has 24 heavy (non-hydrogen) atoms. The summed E-state index contributed by atoms with van der Waals surface area (Å²) in [7, 11) is 0. The van der Waals surface area contributed by atoms with Gasteiger partial charge in [-0.15, -0.1) is 11.3 Å². The number of benzene rings is 1. The van der Waals surface area contributed by atoms with Crippen LogP contribution in [0.5, 0.6) is 0 Å². The van der Waals surface area contributed by atoms with Crippen LogP contribution in [0.3, 0.4) is 0 Å². The van der Waals surface area contributed by atoms with E-state index >= 15 is 0 Å². The average Bonchev–Trinajstić information content (AvgIpc) is 3.09. The molecule has 2 aromatic heterocycles. The molecule has 0 saturated heterocycles. The molecule has 0 atom stereocenters. The molecule has 1 aliphatic rings. The summed E-state index contributed by atoms with van der Waals surface area (Å²) < 4.78 is 2.09. The van der Waals surface area contributed by atoms with Gasteiger partial charge in [0, 0.05) is 46.3 Å². The number of thiazole rings is 1. The standard InChI is InChI=1S/C18H17N3O2S/c19-18(23)12-3-4-13-14(16(22)8-17-20-5-6-24-17)10-21(15(13)7-12)9-11-1-2-11/h3-7,10-11H,1-2,8-9H2,(H2,19,23). The lowest BCUT2D eigenvalue weighted by atomic mass is 10.1. The molecule has 0 bridgehead atoms. The second kappa shape index (κ2) is 5.87. The van der Waals surface area contributed by atoms with Crippen LogP contribution in [0.4, 0.5) is 0 Å². The fourth-order valence-corrected chi connectivity index (χ4v) is 3.58. The van der Waals surface area contributed by atoms with E-state index in [1.807, 2.05) is 17.6 Å². The van der Waals surface area contributed by atoms with E-state index in [0.29, 0.717) is 23.5 Å². The molecule has 1 aromatic carbocycles. The van der Waals surface area contributed by atoms with Gasteiger partial charge >= 0.3 is 0 Å². The van der Waals surface area contributed by atoms with Gasteiger partial charge < -0.3 is 10.3 Å². The highest BCUT2D eigenvalue weighted by atomic mass is 32.1. The Balaban J connectivity index is 1.76. The summed E-state index contributed by atoms with van der Waals surface area (Å²) in [4.78, 5) is 28.4. The predicted molar refractivity (Wildman–Crippen MR) is 93.3 cm³/mol. The van der Waals surface area contributed by atoms with Crippen LogP contribution >= 0.6 is 11.3 Å². The van der Waals surface area contributed by atoms with Crippen LogP contribution in [0.2, 0.25) is 0 Å². The van der Waals surface area contributed by atoms with Gasteiger partial charge in [0.15, 0.2) is 5.78 Å². The number of nitrogens with two attached hydrogens (primary N) is 1. The third kappa shape index (κ3) is 2.85. The number of aromatic nitrogens is 2. The molecule has 2 heterocycles. The Kier molecular flexibility index (Phi) is 3.69. The Morgan fingerprint density at radius 1 is 1.33 bits per heavy atom. The molecule has 1 amide bonds. The van der Waals surface area contributed by atoms with Crippen molar-refractivity contribution in [2.45, 2.75) is 25.8 Å². The zero-order valence-electron chi connectivity index (χ0n) is 13.1. The number of nitrogens with zero attached hydrogens (tertiary/aromatic N) is 2. The first-order chi connectivity index (χ1) is 11.6. The van der Waals surface area contributed by atoms with Gasteiger partial charge in [0.2, 0.25) is 5.91 Å². The summed E-state index contributed by atoms with van der Waals surface area (Å²) in [6.45, 7) is 0.878. The molecule has 122 valence electrons. The number of hydrogen-bond donors (Lipinski definition) is 1. The quantitative estimate of drug-likeness (QED) is 0.701. The van der Waals surface area contributed by atoms with E-state index in [0.717, 1.165) is 22.5 Å². The van der Waals surface area contributed by atoms with Gasteiger partial charge in [-0.3, -0.25) is 9.59 Å². The summed E-state index contributed by atoms with van der Waals surface area (Å²) in [6.07, 6.45) is 6.37.